The molecule has 0 unspecified atom stereocenters. The first-order valence-electron chi connectivity index (χ1n) is 16.2. The fraction of sp³-hybridized carbons (Fsp3) is 0.333. The molecule has 4 atom stereocenters. The van der Waals surface area contributed by atoms with E-state index in [-0.39, 0.29) is 30.5 Å². The van der Waals surface area contributed by atoms with Gasteiger partial charge in [-0.05, 0) is 58.6 Å². The third-order valence-electron chi connectivity index (χ3n) is 9.53. The van der Waals surface area contributed by atoms with Crippen molar-refractivity contribution < 1.29 is 24.6 Å². The second-order valence-electron chi connectivity index (χ2n) is 13.1. The summed E-state index contributed by atoms with van der Waals surface area (Å²) in [4.78, 5) is 38.1. The molecule has 240 valence electrons. The Labute approximate surface area is 277 Å². The molecule has 0 amide bonds. The van der Waals surface area contributed by atoms with Gasteiger partial charge in [0.1, 0.15) is 5.78 Å². The number of aliphatic carboxylic acids is 1. The van der Waals surface area contributed by atoms with Gasteiger partial charge in [0.2, 0.25) is 0 Å². The van der Waals surface area contributed by atoms with E-state index in [0.717, 1.165) is 10.4 Å². The maximum Gasteiger partial charge on any atom is 0.303 e. The van der Waals surface area contributed by atoms with Crippen molar-refractivity contribution >= 4 is 51.9 Å². The first kappa shape index (κ1) is 33.7. The predicted molar refractivity (Wildman–Crippen MR) is 190 cm³/mol. The summed E-state index contributed by atoms with van der Waals surface area (Å²) in [5.74, 6) is -1.45. The molecule has 5 nitrogen and oxygen atoms in total. The van der Waals surface area contributed by atoms with E-state index in [1.54, 1.807) is 11.3 Å². The molecule has 0 bridgehead atoms. The minimum Gasteiger partial charge on any atom is -0.481 e. The summed E-state index contributed by atoms with van der Waals surface area (Å²) in [5, 5.41) is 22.3. The number of carbonyl (C=O) groups excluding carboxylic acids is 1. The lowest BCUT2D eigenvalue weighted by molar-refractivity contribution is -0.137. The number of rotatable bonds is 14. The zero-order valence-corrected chi connectivity index (χ0v) is 28.4. The van der Waals surface area contributed by atoms with Crippen molar-refractivity contribution in [2.45, 2.75) is 69.4 Å². The number of benzene rings is 3. The van der Waals surface area contributed by atoms with Gasteiger partial charge in [-0.3, -0.25) is 9.59 Å². The van der Waals surface area contributed by atoms with Gasteiger partial charge in [-0.1, -0.05) is 117 Å². The number of hydrogen-bond donors (Lipinski definition) is 3. The van der Waals surface area contributed by atoms with Crippen LogP contribution in [0.25, 0.3) is 10.1 Å². The number of carbonyl (C=O) groups is 2. The van der Waals surface area contributed by atoms with Crippen LogP contribution in [0.2, 0.25) is 5.04 Å². The Morgan fingerprint density at radius 3 is 2.24 bits per heavy atom. The molecule has 46 heavy (non-hydrogen) atoms. The van der Waals surface area contributed by atoms with Crippen molar-refractivity contribution in [3.63, 3.8) is 0 Å². The van der Waals surface area contributed by atoms with Crippen molar-refractivity contribution in [1.29, 1.82) is 0 Å². The van der Waals surface area contributed by atoms with Gasteiger partial charge in [0.05, 0.1) is 6.10 Å². The minimum atomic E-state index is -3.28. The quantitative estimate of drug-likeness (QED) is 0.0759. The van der Waals surface area contributed by atoms with Crippen LogP contribution >= 0.6 is 11.3 Å². The molecule has 5 rings (SSSR count). The highest BCUT2D eigenvalue weighted by molar-refractivity contribution is 7.19. The maximum absolute atomic E-state index is 13.2. The molecule has 1 fully saturated rings. The smallest absolute Gasteiger partial charge is 0.303 e. The zero-order chi connectivity index (χ0) is 32.7. The van der Waals surface area contributed by atoms with Crippen LogP contribution in [0.5, 0.6) is 0 Å². The van der Waals surface area contributed by atoms with Gasteiger partial charge in [-0.25, -0.2) is 0 Å². The SMILES string of the molecule is CC(C)(C[C@H](/C=C/[C@H]1C(=O)C[C@H](O)[C@@H]1C/C=C\CCCC(=O)O)c1cc2ccccc2s1)[Si](O)(c1ccccc1)c1ccccc1. The molecule has 3 aromatic carbocycles. The molecular formula is C39H44O5SSi. The van der Waals surface area contributed by atoms with Crippen LogP contribution in [0.15, 0.2) is 115 Å². The summed E-state index contributed by atoms with van der Waals surface area (Å²) in [6.07, 6.45) is 10.1. The third kappa shape index (κ3) is 7.50. The molecule has 1 saturated carbocycles. The maximum atomic E-state index is 13.2. The van der Waals surface area contributed by atoms with E-state index in [0.29, 0.717) is 25.7 Å². The predicted octanol–water partition coefficient (Wildman–Crippen LogP) is 7.23. The summed E-state index contributed by atoms with van der Waals surface area (Å²) in [6.45, 7) is 4.35. The molecule has 0 spiro atoms. The summed E-state index contributed by atoms with van der Waals surface area (Å²) in [7, 11) is -3.28. The number of unbranched alkanes of at least 4 members (excludes halogenated alkanes) is 1. The van der Waals surface area contributed by atoms with Crippen molar-refractivity contribution in [2.75, 3.05) is 0 Å². The van der Waals surface area contributed by atoms with Crippen molar-refractivity contribution in [2.24, 2.45) is 11.8 Å². The van der Waals surface area contributed by atoms with Crippen molar-refractivity contribution in [1.82, 2.24) is 0 Å². The summed E-state index contributed by atoms with van der Waals surface area (Å²) in [6, 6.07) is 30.7. The molecule has 1 aliphatic carbocycles. The Hall–Kier alpha value is -3.62. The molecule has 0 aliphatic heterocycles. The molecule has 7 heteroatoms. The largest absolute Gasteiger partial charge is 0.481 e. The fourth-order valence-electron chi connectivity index (χ4n) is 6.97. The van der Waals surface area contributed by atoms with Crippen LogP contribution < -0.4 is 10.4 Å². The lowest BCUT2D eigenvalue weighted by atomic mass is 9.87. The van der Waals surface area contributed by atoms with E-state index in [1.807, 2.05) is 91.0 Å². The number of thiophene rings is 1. The molecule has 1 aromatic heterocycles. The van der Waals surface area contributed by atoms with Gasteiger partial charge in [0.25, 0.3) is 8.32 Å². The second kappa shape index (κ2) is 14.9. The normalized spacial score (nSPS) is 19.8. The summed E-state index contributed by atoms with van der Waals surface area (Å²) >= 11 is 1.75. The standard InChI is InChI=1S/C39H44O5SSi/c1-39(2,46(44,30-16-7-5-8-17-30)31-18-9-6-10-19-31)27-29(37-25-28-15-13-14-21-36(28)45-37)23-24-33-32(34(40)26-35(33)41)20-11-3-4-12-22-38(42)43/h3,5-11,13-19,21,23-25,29,32-34,40,44H,4,12,20,22,26-27H2,1-2H3,(H,42,43)/b11-3-,24-23+/t29-,32+,33+,34-/m0/s1. The van der Waals surface area contributed by atoms with E-state index in [9.17, 15) is 19.5 Å². The van der Waals surface area contributed by atoms with Crippen LogP contribution in [0.3, 0.4) is 0 Å². The Balaban J connectivity index is 1.48. The molecule has 1 aliphatic rings. The van der Waals surface area contributed by atoms with Crippen LogP contribution in [0.1, 0.15) is 63.2 Å². The highest BCUT2D eigenvalue weighted by Gasteiger charge is 2.50. The molecular weight excluding hydrogens is 609 g/mol. The van der Waals surface area contributed by atoms with E-state index in [1.165, 1.54) is 15.0 Å². The second-order valence-corrected chi connectivity index (χ2v) is 18.2. The third-order valence-corrected chi connectivity index (χ3v) is 15.3. The summed E-state index contributed by atoms with van der Waals surface area (Å²) in [5.41, 5.74) is 0. The van der Waals surface area contributed by atoms with E-state index < -0.39 is 31.3 Å². The number of aliphatic hydroxyl groups is 1. The van der Waals surface area contributed by atoms with Gasteiger partial charge in [-0.2, -0.15) is 0 Å². The van der Waals surface area contributed by atoms with Gasteiger partial charge in [0, 0.05) is 40.2 Å². The minimum absolute atomic E-state index is 0.0434. The molecule has 1 heterocycles. The van der Waals surface area contributed by atoms with E-state index in [4.69, 9.17) is 5.11 Å². The molecule has 3 N–H and O–H groups in total. The van der Waals surface area contributed by atoms with Crippen molar-refractivity contribution in [3.8, 4) is 0 Å². The van der Waals surface area contributed by atoms with E-state index >= 15 is 0 Å². The van der Waals surface area contributed by atoms with Crippen LogP contribution in [-0.2, 0) is 9.59 Å². The molecule has 4 aromatic rings. The van der Waals surface area contributed by atoms with E-state index in [2.05, 4.69) is 38.1 Å². The lowest BCUT2D eigenvalue weighted by Gasteiger charge is -2.42. The van der Waals surface area contributed by atoms with Crippen LogP contribution in [0.4, 0.5) is 0 Å². The fourth-order valence-corrected chi connectivity index (χ4v) is 11.9. The highest BCUT2D eigenvalue weighted by atomic mass is 32.1. The average Bonchev–Trinajstić information content (AvgIpc) is 3.60. The number of ketones is 1. The van der Waals surface area contributed by atoms with Gasteiger partial charge < -0.3 is 15.0 Å². The molecule has 0 radical (unpaired) electrons. The highest BCUT2D eigenvalue weighted by Crippen LogP contribution is 2.47. The van der Waals surface area contributed by atoms with Gasteiger partial charge in [0.15, 0.2) is 0 Å². The monoisotopic (exact) mass is 652 g/mol. The van der Waals surface area contributed by atoms with Gasteiger partial charge in [-0.15, -0.1) is 11.3 Å². The molecule has 0 saturated heterocycles. The lowest BCUT2D eigenvalue weighted by Crippen LogP contribution is -2.65. The average molecular weight is 653 g/mol. The van der Waals surface area contributed by atoms with Crippen LogP contribution in [-0.4, -0.2) is 41.2 Å². The Bertz CT molecular complexity index is 1600. The van der Waals surface area contributed by atoms with Gasteiger partial charge >= 0.3 is 5.97 Å². The number of hydrogen-bond acceptors (Lipinski definition) is 5. The first-order valence-corrected chi connectivity index (χ1v) is 18.9. The number of allylic oxidation sites excluding steroid dienone is 4. The first-order chi connectivity index (χ1) is 22.1. The Kier molecular flexibility index (Phi) is 10.9. The Morgan fingerprint density at radius 1 is 0.978 bits per heavy atom. The van der Waals surface area contributed by atoms with Crippen molar-refractivity contribution in [3.05, 3.63) is 120 Å². The number of aliphatic hydroxyl groups excluding tert-OH is 1. The summed E-state index contributed by atoms with van der Waals surface area (Å²) < 4.78 is 1.20. The zero-order valence-electron chi connectivity index (χ0n) is 26.6. The number of fused-ring (bicyclic) bond motifs is 1. The number of carboxylic acid groups (broad SMARTS) is 1. The topological polar surface area (TPSA) is 94.8 Å². The number of Topliss-reactive ketones (excluding diaryl/α,β-unsaturated/α-hetero) is 1. The Morgan fingerprint density at radius 2 is 1.61 bits per heavy atom. The number of carboxylic acids is 1. The van der Waals surface area contributed by atoms with Crippen LogP contribution in [0, 0.1) is 11.8 Å².